The molecule has 0 amide bonds. The molecule has 0 fully saturated rings. The van der Waals surface area contributed by atoms with E-state index in [1.54, 1.807) is 18.9 Å². The van der Waals surface area contributed by atoms with Crippen LogP contribution in [0.4, 0.5) is 0 Å². The molecule has 0 radical (unpaired) electrons. The molecule has 1 aromatic carbocycles. The van der Waals surface area contributed by atoms with Crippen LogP contribution in [0.1, 0.15) is 5.69 Å². The highest BCUT2D eigenvalue weighted by atomic mass is 32.2. The number of hydrogen-bond donors (Lipinski definition) is 0. The molecule has 96 valence electrons. The maximum Gasteiger partial charge on any atom is 0.137 e. The fourth-order valence-corrected chi connectivity index (χ4v) is 2.73. The Bertz CT molecular complexity index is 660. The molecule has 0 saturated carbocycles. The first-order chi connectivity index (χ1) is 9.35. The van der Waals surface area contributed by atoms with E-state index in [2.05, 4.69) is 17.2 Å². The highest BCUT2D eigenvalue weighted by molar-refractivity contribution is 7.98. The molecule has 0 aliphatic carbocycles. The van der Waals surface area contributed by atoms with Crippen LogP contribution in [0.15, 0.2) is 59.8 Å². The summed E-state index contributed by atoms with van der Waals surface area (Å²) in [6, 6.07) is 14.1. The van der Waals surface area contributed by atoms with Gasteiger partial charge >= 0.3 is 0 Å². The van der Waals surface area contributed by atoms with Gasteiger partial charge in [-0.25, -0.2) is 4.98 Å². The number of imidazole rings is 1. The predicted molar refractivity (Wildman–Crippen MR) is 77.7 cm³/mol. The summed E-state index contributed by atoms with van der Waals surface area (Å²) in [7, 11) is 1.69. The summed E-state index contributed by atoms with van der Waals surface area (Å²) in [6.45, 7) is 0. The molecule has 0 unspecified atom stereocenters. The number of ether oxygens (including phenoxy) is 1. The number of hydrogen-bond acceptors (Lipinski definition) is 3. The summed E-state index contributed by atoms with van der Waals surface area (Å²) in [6.07, 6.45) is 4.09. The maximum atomic E-state index is 5.22. The summed E-state index contributed by atoms with van der Waals surface area (Å²) < 4.78 is 7.26. The fourth-order valence-electron chi connectivity index (χ4n) is 1.90. The fraction of sp³-hybridized carbons (Fsp3) is 0.133. The Balaban J connectivity index is 1.74. The normalized spacial score (nSPS) is 10.8. The lowest BCUT2D eigenvalue weighted by Crippen LogP contribution is -1.83. The van der Waals surface area contributed by atoms with Gasteiger partial charge in [0, 0.05) is 23.0 Å². The summed E-state index contributed by atoms with van der Waals surface area (Å²) in [5.41, 5.74) is 2.07. The van der Waals surface area contributed by atoms with Crippen molar-refractivity contribution >= 4 is 17.4 Å². The van der Waals surface area contributed by atoms with E-state index in [0.717, 1.165) is 22.8 Å². The van der Waals surface area contributed by atoms with Crippen molar-refractivity contribution in [1.29, 1.82) is 0 Å². The van der Waals surface area contributed by atoms with Crippen LogP contribution in [0.25, 0.3) is 5.65 Å². The van der Waals surface area contributed by atoms with Crippen molar-refractivity contribution in [2.24, 2.45) is 0 Å². The van der Waals surface area contributed by atoms with Crippen molar-refractivity contribution in [1.82, 2.24) is 9.38 Å². The zero-order valence-electron chi connectivity index (χ0n) is 10.6. The van der Waals surface area contributed by atoms with Gasteiger partial charge in [0.2, 0.25) is 0 Å². The summed E-state index contributed by atoms with van der Waals surface area (Å²) in [5.74, 6) is 1.74. The zero-order chi connectivity index (χ0) is 13.1. The van der Waals surface area contributed by atoms with Gasteiger partial charge in [0.25, 0.3) is 0 Å². The third kappa shape index (κ3) is 2.74. The van der Waals surface area contributed by atoms with E-state index in [4.69, 9.17) is 4.74 Å². The molecule has 0 N–H and O–H groups in total. The van der Waals surface area contributed by atoms with E-state index in [-0.39, 0.29) is 0 Å². The molecular weight excluding hydrogens is 256 g/mol. The maximum absolute atomic E-state index is 5.22. The van der Waals surface area contributed by atoms with Crippen LogP contribution >= 0.6 is 11.8 Å². The number of nitrogens with zero attached hydrogens (tertiary/aromatic N) is 2. The third-order valence-electron chi connectivity index (χ3n) is 2.84. The monoisotopic (exact) mass is 270 g/mol. The van der Waals surface area contributed by atoms with Crippen LogP contribution in [0.3, 0.4) is 0 Å². The first-order valence-corrected chi connectivity index (χ1v) is 7.03. The topological polar surface area (TPSA) is 26.5 Å². The Morgan fingerprint density at radius 1 is 1.21 bits per heavy atom. The first-order valence-electron chi connectivity index (χ1n) is 6.04. The van der Waals surface area contributed by atoms with Gasteiger partial charge in [0.05, 0.1) is 12.8 Å². The molecule has 2 heterocycles. The second kappa shape index (κ2) is 5.36. The molecule has 2 aromatic heterocycles. The number of fused-ring (bicyclic) bond motifs is 1. The molecule has 3 nitrogen and oxygen atoms in total. The molecular formula is C15H14N2OS. The van der Waals surface area contributed by atoms with E-state index in [0.29, 0.717) is 0 Å². The number of rotatable bonds is 4. The first kappa shape index (κ1) is 12.1. The van der Waals surface area contributed by atoms with E-state index < -0.39 is 0 Å². The van der Waals surface area contributed by atoms with Crippen molar-refractivity contribution in [3.63, 3.8) is 0 Å². The average Bonchev–Trinajstić information content (AvgIpc) is 2.88. The molecule has 0 saturated heterocycles. The quantitative estimate of drug-likeness (QED) is 0.677. The van der Waals surface area contributed by atoms with E-state index in [1.165, 1.54) is 4.90 Å². The SMILES string of the molecule is COc1cccc(SCc2cn3ccccc3n2)c1. The summed E-state index contributed by atoms with van der Waals surface area (Å²) in [5, 5.41) is 0. The number of methoxy groups -OCH3 is 1. The number of pyridine rings is 1. The standard InChI is InChI=1S/C15H14N2OS/c1-18-13-5-4-6-14(9-13)19-11-12-10-17-8-3-2-7-15(17)16-12/h2-10H,11H2,1H3. The third-order valence-corrected chi connectivity index (χ3v) is 3.87. The van der Waals surface area contributed by atoms with Crippen molar-refractivity contribution in [2.45, 2.75) is 10.6 Å². The molecule has 0 bridgehead atoms. The zero-order valence-corrected chi connectivity index (χ0v) is 11.4. The lowest BCUT2D eigenvalue weighted by atomic mass is 10.3. The van der Waals surface area contributed by atoms with E-state index in [1.807, 2.05) is 47.0 Å². The van der Waals surface area contributed by atoms with Gasteiger partial charge in [-0.3, -0.25) is 0 Å². The largest absolute Gasteiger partial charge is 0.497 e. The number of thioether (sulfide) groups is 1. The van der Waals surface area contributed by atoms with Gasteiger partial charge in [0.15, 0.2) is 0 Å². The van der Waals surface area contributed by atoms with E-state index in [9.17, 15) is 0 Å². The summed E-state index contributed by atoms with van der Waals surface area (Å²) >= 11 is 1.76. The predicted octanol–water partition coefficient (Wildman–Crippen LogP) is 3.64. The molecule has 0 aliphatic heterocycles. The molecule has 4 heteroatoms. The molecule has 0 atom stereocenters. The molecule has 19 heavy (non-hydrogen) atoms. The van der Waals surface area contributed by atoms with Crippen LogP contribution in [0.2, 0.25) is 0 Å². The number of aromatic nitrogens is 2. The lowest BCUT2D eigenvalue weighted by Gasteiger charge is -2.02. The second-order valence-corrected chi connectivity index (χ2v) is 5.21. The van der Waals surface area contributed by atoms with Crippen molar-refractivity contribution in [3.05, 3.63) is 60.6 Å². The highest BCUT2D eigenvalue weighted by Crippen LogP contribution is 2.25. The van der Waals surface area contributed by atoms with Crippen LogP contribution in [0, 0.1) is 0 Å². The van der Waals surface area contributed by atoms with Gasteiger partial charge in [-0.05, 0) is 30.3 Å². The minimum atomic E-state index is 0.856. The highest BCUT2D eigenvalue weighted by Gasteiger charge is 2.02. The average molecular weight is 270 g/mol. The van der Waals surface area contributed by atoms with Crippen molar-refractivity contribution in [3.8, 4) is 5.75 Å². The van der Waals surface area contributed by atoms with Crippen LogP contribution < -0.4 is 4.74 Å². The Labute approximate surface area is 116 Å². The van der Waals surface area contributed by atoms with Crippen LogP contribution in [-0.4, -0.2) is 16.5 Å². The Morgan fingerprint density at radius 2 is 2.16 bits per heavy atom. The molecule has 0 spiro atoms. The Morgan fingerprint density at radius 3 is 3.00 bits per heavy atom. The van der Waals surface area contributed by atoms with Crippen LogP contribution in [0.5, 0.6) is 5.75 Å². The minimum absolute atomic E-state index is 0.856. The Kier molecular flexibility index (Phi) is 3.42. The minimum Gasteiger partial charge on any atom is -0.497 e. The van der Waals surface area contributed by atoms with Gasteiger partial charge in [-0.15, -0.1) is 11.8 Å². The van der Waals surface area contributed by atoms with E-state index >= 15 is 0 Å². The molecule has 3 rings (SSSR count). The second-order valence-electron chi connectivity index (χ2n) is 4.17. The lowest BCUT2D eigenvalue weighted by molar-refractivity contribution is 0.413. The van der Waals surface area contributed by atoms with Crippen molar-refractivity contribution in [2.75, 3.05) is 7.11 Å². The number of benzene rings is 1. The smallest absolute Gasteiger partial charge is 0.137 e. The summed E-state index contributed by atoms with van der Waals surface area (Å²) in [4.78, 5) is 5.77. The van der Waals surface area contributed by atoms with Gasteiger partial charge in [-0.1, -0.05) is 12.1 Å². The van der Waals surface area contributed by atoms with Gasteiger partial charge in [-0.2, -0.15) is 0 Å². The Hall–Kier alpha value is -1.94. The van der Waals surface area contributed by atoms with Crippen molar-refractivity contribution < 1.29 is 4.74 Å². The van der Waals surface area contributed by atoms with Crippen LogP contribution in [-0.2, 0) is 5.75 Å². The molecule has 3 aromatic rings. The van der Waals surface area contributed by atoms with Gasteiger partial charge in [0.1, 0.15) is 11.4 Å². The van der Waals surface area contributed by atoms with Gasteiger partial charge < -0.3 is 9.14 Å². The molecule has 0 aliphatic rings.